The van der Waals surface area contributed by atoms with E-state index in [2.05, 4.69) is 33.8 Å². The molecule has 8 unspecified atom stereocenters. The minimum atomic E-state index is -0.512. The van der Waals surface area contributed by atoms with E-state index < -0.39 is 5.60 Å². The van der Waals surface area contributed by atoms with Crippen molar-refractivity contribution in [1.82, 2.24) is 0 Å². The zero-order chi connectivity index (χ0) is 20.3. The van der Waals surface area contributed by atoms with Gasteiger partial charge in [0.25, 0.3) is 0 Å². The fraction of sp³-hybridized carbons (Fsp3) is 0.926. The first-order valence-electron chi connectivity index (χ1n) is 12.5. The number of fused-ring (bicyclic) bond motifs is 5. The van der Waals surface area contributed by atoms with E-state index in [4.69, 9.17) is 0 Å². The Labute approximate surface area is 174 Å². The van der Waals surface area contributed by atoms with Crippen molar-refractivity contribution in [2.24, 2.45) is 46.3 Å². The Bertz CT molecular complexity index is 612. The maximum Gasteiger partial charge on any atom is 0.0591 e. The predicted octanol–water partition coefficient (Wildman–Crippen LogP) is 7.39. The SMILES string of the molecule is CC1CCC2(C)C(=CCC3C2CCC2(C)C(C(C)CCC(C)(C)O)CCC32)C1. The van der Waals surface area contributed by atoms with Crippen LogP contribution in [0, 0.1) is 46.3 Å². The quantitative estimate of drug-likeness (QED) is 0.499. The molecule has 8 atom stereocenters. The zero-order valence-electron chi connectivity index (χ0n) is 19.6. The van der Waals surface area contributed by atoms with Gasteiger partial charge in [0, 0.05) is 0 Å². The molecule has 4 rings (SSSR count). The van der Waals surface area contributed by atoms with Crippen molar-refractivity contribution >= 4 is 0 Å². The van der Waals surface area contributed by atoms with E-state index in [0.29, 0.717) is 10.8 Å². The lowest BCUT2D eigenvalue weighted by atomic mass is 9.46. The Morgan fingerprint density at radius 3 is 2.57 bits per heavy atom. The second-order valence-electron chi connectivity index (χ2n) is 12.7. The number of rotatable bonds is 4. The lowest BCUT2D eigenvalue weighted by molar-refractivity contribution is -0.0537. The summed E-state index contributed by atoms with van der Waals surface area (Å²) in [7, 11) is 0. The highest BCUT2D eigenvalue weighted by molar-refractivity contribution is 5.25. The summed E-state index contributed by atoms with van der Waals surface area (Å²) in [5.74, 6) is 5.34. The lowest BCUT2D eigenvalue weighted by Crippen LogP contribution is -2.50. The first-order valence-corrected chi connectivity index (χ1v) is 12.5. The monoisotopic (exact) mass is 386 g/mol. The molecule has 0 saturated heterocycles. The van der Waals surface area contributed by atoms with E-state index >= 15 is 0 Å². The number of hydrogen-bond acceptors (Lipinski definition) is 1. The summed E-state index contributed by atoms with van der Waals surface area (Å²) in [6.07, 6.45) is 16.3. The van der Waals surface area contributed by atoms with E-state index in [1.165, 1.54) is 57.8 Å². The molecule has 4 aliphatic carbocycles. The van der Waals surface area contributed by atoms with E-state index in [1.54, 1.807) is 0 Å². The Hall–Kier alpha value is -0.300. The molecule has 1 heteroatoms. The molecule has 3 fully saturated rings. The van der Waals surface area contributed by atoms with Crippen molar-refractivity contribution in [3.63, 3.8) is 0 Å². The van der Waals surface area contributed by atoms with Gasteiger partial charge in [-0.2, -0.15) is 0 Å². The maximum absolute atomic E-state index is 10.2. The third kappa shape index (κ3) is 3.42. The average Bonchev–Trinajstić information content (AvgIpc) is 2.97. The molecule has 0 amide bonds. The largest absolute Gasteiger partial charge is 0.390 e. The van der Waals surface area contributed by atoms with Crippen LogP contribution in [0.1, 0.15) is 106 Å². The van der Waals surface area contributed by atoms with Gasteiger partial charge in [0.05, 0.1) is 5.60 Å². The topological polar surface area (TPSA) is 20.2 Å². The molecule has 0 aromatic rings. The summed E-state index contributed by atoms with van der Waals surface area (Å²) < 4.78 is 0. The van der Waals surface area contributed by atoms with E-state index in [-0.39, 0.29) is 0 Å². The summed E-state index contributed by atoms with van der Waals surface area (Å²) in [6.45, 7) is 14.2. The summed E-state index contributed by atoms with van der Waals surface area (Å²) >= 11 is 0. The molecule has 4 aliphatic rings. The maximum atomic E-state index is 10.2. The molecule has 0 aromatic heterocycles. The third-order valence-electron chi connectivity index (χ3n) is 10.3. The highest BCUT2D eigenvalue weighted by Gasteiger charge is 2.58. The van der Waals surface area contributed by atoms with Gasteiger partial charge in [0.2, 0.25) is 0 Å². The molecule has 0 radical (unpaired) electrons. The smallest absolute Gasteiger partial charge is 0.0591 e. The molecule has 3 saturated carbocycles. The summed E-state index contributed by atoms with van der Waals surface area (Å²) in [4.78, 5) is 0. The van der Waals surface area contributed by atoms with Crippen LogP contribution in [0.4, 0.5) is 0 Å². The highest BCUT2D eigenvalue weighted by Crippen LogP contribution is 2.67. The predicted molar refractivity (Wildman–Crippen MR) is 119 cm³/mol. The number of allylic oxidation sites excluding steroid dienone is 2. The van der Waals surface area contributed by atoms with Gasteiger partial charge in [-0.15, -0.1) is 0 Å². The van der Waals surface area contributed by atoms with Gasteiger partial charge in [-0.3, -0.25) is 0 Å². The summed E-state index contributed by atoms with van der Waals surface area (Å²) in [6, 6.07) is 0. The van der Waals surface area contributed by atoms with Gasteiger partial charge in [-0.05, 0) is 124 Å². The molecule has 0 aromatic carbocycles. The van der Waals surface area contributed by atoms with Gasteiger partial charge in [-0.25, -0.2) is 0 Å². The van der Waals surface area contributed by atoms with Crippen molar-refractivity contribution < 1.29 is 5.11 Å². The molecular formula is C27H46O. The van der Waals surface area contributed by atoms with Crippen molar-refractivity contribution in [3.05, 3.63) is 11.6 Å². The van der Waals surface area contributed by atoms with Crippen LogP contribution in [0.2, 0.25) is 0 Å². The van der Waals surface area contributed by atoms with Gasteiger partial charge in [0.1, 0.15) is 0 Å². The van der Waals surface area contributed by atoms with Crippen LogP contribution in [0.3, 0.4) is 0 Å². The first-order chi connectivity index (χ1) is 13.0. The highest BCUT2D eigenvalue weighted by atomic mass is 16.3. The molecule has 0 aliphatic heterocycles. The Kier molecular flexibility index (Phi) is 5.34. The molecule has 28 heavy (non-hydrogen) atoms. The Morgan fingerprint density at radius 2 is 1.86 bits per heavy atom. The number of aliphatic hydroxyl groups is 1. The van der Waals surface area contributed by atoms with Crippen LogP contribution >= 0.6 is 0 Å². The minimum Gasteiger partial charge on any atom is -0.390 e. The van der Waals surface area contributed by atoms with Crippen LogP contribution in [-0.2, 0) is 0 Å². The van der Waals surface area contributed by atoms with Gasteiger partial charge in [0.15, 0.2) is 0 Å². The molecular weight excluding hydrogens is 340 g/mol. The van der Waals surface area contributed by atoms with Crippen LogP contribution in [0.25, 0.3) is 0 Å². The fourth-order valence-corrected chi connectivity index (χ4v) is 8.60. The van der Waals surface area contributed by atoms with Crippen LogP contribution < -0.4 is 0 Å². The summed E-state index contributed by atoms with van der Waals surface area (Å²) in [5.41, 5.74) is 2.39. The van der Waals surface area contributed by atoms with Crippen LogP contribution in [0.5, 0.6) is 0 Å². The molecule has 0 heterocycles. The van der Waals surface area contributed by atoms with Crippen molar-refractivity contribution in [2.45, 2.75) is 111 Å². The standard InChI is InChI=1S/C27H46O/c1-18-11-15-26(5)20(17-18)7-8-21-23-10-9-22(19(2)12-14-25(3,4)28)27(23,6)16-13-24(21)26/h7,18-19,21-24,28H,8-17H2,1-6H3. The van der Waals surface area contributed by atoms with Gasteiger partial charge in [-0.1, -0.05) is 39.3 Å². The van der Waals surface area contributed by atoms with E-state index in [9.17, 15) is 5.11 Å². The van der Waals surface area contributed by atoms with E-state index in [1.807, 2.05) is 19.4 Å². The Balaban J connectivity index is 1.52. The molecule has 1 N–H and O–H groups in total. The molecule has 1 nitrogen and oxygen atoms in total. The van der Waals surface area contributed by atoms with Crippen LogP contribution in [0.15, 0.2) is 11.6 Å². The number of hydrogen-bond donors (Lipinski definition) is 1. The van der Waals surface area contributed by atoms with Crippen molar-refractivity contribution in [2.75, 3.05) is 0 Å². The zero-order valence-corrected chi connectivity index (χ0v) is 19.6. The van der Waals surface area contributed by atoms with Crippen molar-refractivity contribution in [3.8, 4) is 0 Å². The van der Waals surface area contributed by atoms with Gasteiger partial charge < -0.3 is 5.11 Å². The fourth-order valence-electron chi connectivity index (χ4n) is 8.60. The second kappa shape index (κ2) is 7.14. The Morgan fingerprint density at radius 1 is 1.11 bits per heavy atom. The normalized spacial score (nSPS) is 47.0. The lowest BCUT2D eigenvalue weighted by Gasteiger charge is -2.58. The van der Waals surface area contributed by atoms with Crippen molar-refractivity contribution in [1.29, 1.82) is 0 Å². The first kappa shape index (κ1) is 21.0. The molecule has 0 bridgehead atoms. The average molecular weight is 387 g/mol. The molecule has 0 spiro atoms. The second-order valence-corrected chi connectivity index (χ2v) is 12.7. The van der Waals surface area contributed by atoms with Crippen LogP contribution in [-0.4, -0.2) is 10.7 Å². The summed E-state index contributed by atoms with van der Waals surface area (Å²) in [5, 5.41) is 10.2. The van der Waals surface area contributed by atoms with E-state index in [0.717, 1.165) is 41.9 Å². The van der Waals surface area contributed by atoms with Gasteiger partial charge >= 0.3 is 0 Å². The third-order valence-corrected chi connectivity index (χ3v) is 10.3. The molecule has 160 valence electrons. The minimum absolute atomic E-state index is 0.512.